The lowest BCUT2D eigenvalue weighted by molar-refractivity contribution is -0.115. The minimum absolute atomic E-state index is 0.0292. The van der Waals surface area contributed by atoms with Crippen molar-refractivity contribution in [2.45, 2.75) is 45.6 Å². The van der Waals surface area contributed by atoms with Gasteiger partial charge < -0.3 is 15.5 Å². The fraction of sp³-hybridized carbons (Fsp3) is 0.333. The molecule has 1 aliphatic carbocycles. The van der Waals surface area contributed by atoms with Crippen molar-refractivity contribution < 1.29 is 4.79 Å². The van der Waals surface area contributed by atoms with Crippen LogP contribution in [0.3, 0.4) is 0 Å². The zero-order chi connectivity index (χ0) is 22.4. The number of carbonyl (C=O) groups excluding carboxylic acids is 1. The number of nitrogens with one attached hydrogen (secondary N) is 2. The Hall–Kier alpha value is -3.18. The van der Waals surface area contributed by atoms with E-state index in [1.54, 1.807) is 0 Å². The third-order valence-electron chi connectivity index (χ3n) is 6.76. The van der Waals surface area contributed by atoms with Gasteiger partial charge in [0.15, 0.2) is 0 Å². The van der Waals surface area contributed by atoms with Crippen LogP contribution in [0.15, 0.2) is 42.5 Å². The van der Waals surface area contributed by atoms with E-state index < -0.39 is 0 Å². The fourth-order valence-electron chi connectivity index (χ4n) is 4.89. The van der Waals surface area contributed by atoms with Gasteiger partial charge in [0.05, 0.1) is 17.8 Å². The van der Waals surface area contributed by atoms with Crippen LogP contribution in [0.25, 0.3) is 11.1 Å². The minimum atomic E-state index is 0.0292. The normalized spacial score (nSPS) is 17.2. The third kappa shape index (κ3) is 3.89. The van der Waals surface area contributed by atoms with E-state index in [0.717, 1.165) is 64.3 Å². The molecule has 0 saturated carbocycles. The maximum absolute atomic E-state index is 12.4. The van der Waals surface area contributed by atoms with Crippen LogP contribution in [0, 0.1) is 13.8 Å². The van der Waals surface area contributed by atoms with E-state index in [1.807, 2.05) is 13.0 Å². The second kappa shape index (κ2) is 8.06. The second-order valence-corrected chi connectivity index (χ2v) is 9.36. The molecule has 1 atom stereocenters. The molecule has 0 fully saturated rings. The quantitative estimate of drug-likeness (QED) is 0.617. The molecule has 5 nitrogen and oxygen atoms in total. The lowest BCUT2D eigenvalue weighted by atomic mass is 9.90. The molecule has 32 heavy (non-hydrogen) atoms. The lowest BCUT2D eigenvalue weighted by Gasteiger charge is -2.30. The highest BCUT2D eigenvalue weighted by Crippen LogP contribution is 2.37. The molecule has 1 amide bonds. The highest BCUT2D eigenvalue weighted by Gasteiger charge is 2.23. The number of carbonyl (C=O) groups is 1. The SMILES string of the molecule is Cc1ccc2c(c1)NC(=O)Cc1ccc(Nc3cc4c(nc3C)CC[C@@H](N(C)C)C4)cc1-2. The van der Waals surface area contributed by atoms with Gasteiger partial charge in [-0.25, -0.2) is 0 Å². The number of aryl methyl sites for hydroxylation is 3. The molecule has 1 aliphatic heterocycles. The average molecular weight is 427 g/mol. The van der Waals surface area contributed by atoms with Crippen LogP contribution in [-0.2, 0) is 24.1 Å². The number of aromatic nitrogens is 1. The first-order valence-electron chi connectivity index (χ1n) is 11.3. The van der Waals surface area contributed by atoms with Gasteiger partial charge in [0.25, 0.3) is 0 Å². The molecule has 0 radical (unpaired) electrons. The van der Waals surface area contributed by atoms with E-state index in [0.29, 0.717) is 12.5 Å². The van der Waals surface area contributed by atoms with Crippen LogP contribution >= 0.6 is 0 Å². The predicted molar refractivity (Wildman–Crippen MR) is 131 cm³/mol. The Morgan fingerprint density at radius 2 is 1.88 bits per heavy atom. The maximum atomic E-state index is 12.4. The number of hydrogen-bond acceptors (Lipinski definition) is 4. The molecule has 2 aromatic carbocycles. The Morgan fingerprint density at radius 1 is 1.03 bits per heavy atom. The Morgan fingerprint density at radius 3 is 2.69 bits per heavy atom. The van der Waals surface area contributed by atoms with Crippen molar-refractivity contribution in [1.82, 2.24) is 9.88 Å². The van der Waals surface area contributed by atoms with E-state index in [4.69, 9.17) is 4.98 Å². The zero-order valence-electron chi connectivity index (χ0n) is 19.2. The smallest absolute Gasteiger partial charge is 0.228 e. The van der Waals surface area contributed by atoms with Crippen molar-refractivity contribution in [2.75, 3.05) is 24.7 Å². The fourth-order valence-corrected chi connectivity index (χ4v) is 4.89. The first-order valence-corrected chi connectivity index (χ1v) is 11.3. The monoisotopic (exact) mass is 426 g/mol. The van der Waals surface area contributed by atoms with Crippen LogP contribution in [0.5, 0.6) is 0 Å². The first kappa shape index (κ1) is 20.7. The van der Waals surface area contributed by atoms with E-state index in [9.17, 15) is 4.79 Å². The number of anilines is 3. The largest absolute Gasteiger partial charge is 0.354 e. The third-order valence-corrected chi connectivity index (χ3v) is 6.76. The molecule has 0 bridgehead atoms. The number of nitrogens with zero attached hydrogens (tertiary/aromatic N) is 2. The summed E-state index contributed by atoms with van der Waals surface area (Å²) in [5, 5.41) is 6.67. The van der Waals surface area contributed by atoms with Crippen LogP contribution in [0.2, 0.25) is 0 Å². The van der Waals surface area contributed by atoms with E-state index in [-0.39, 0.29) is 5.91 Å². The summed E-state index contributed by atoms with van der Waals surface area (Å²) in [5.74, 6) is 0.0292. The van der Waals surface area contributed by atoms with Crippen LogP contribution in [0.4, 0.5) is 17.1 Å². The number of hydrogen-bond donors (Lipinski definition) is 2. The molecule has 2 aliphatic rings. The van der Waals surface area contributed by atoms with Crippen molar-refractivity contribution in [2.24, 2.45) is 0 Å². The van der Waals surface area contributed by atoms with Gasteiger partial charge in [0.1, 0.15) is 0 Å². The maximum Gasteiger partial charge on any atom is 0.228 e. The Kier molecular flexibility index (Phi) is 5.22. The summed E-state index contributed by atoms with van der Waals surface area (Å²) >= 11 is 0. The molecular weight excluding hydrogens is 396 g/mol. The molecule has 0 spiro atoms. The van der Waals surface area contributed by atoms with Crippen molar-refractivity contribution in [1.29, 1.82) is 0 Å². The van der Waals surface area contributed by atoms with Crippen LogP contribution < -0.4 is 10.6 Å². The van der Waals surface area contributed by atoms with E-state index in [2.05, 4.69) is 73.0 Å². The van der Waals surface area contributed by atoms with Crippen molar-refractivity contribution >= 4 is 23.0 Å². The highest BCUT2D eigenvalue weighted by atomic mass is 16.1. The van der Waals surface area contributed by atoms with Gasteiger partial charge in [0.2, 0.25) is 5.91 Å². The van der Waals surface area contributed by atoms with Crippen LogP contribution in [0.1, 0.15) is 34.5 Å². The number of likely N-dealkylation sites (N-methyl/N-ethyl adjacent to an activating group) is 1. The summed E-state index contributed by atoms with van der Waals surface area (Å²) in [4.78, 5) is 19.7. The zero-order valence-corrected chi connectivity index (χ0v) is 19.2. The molecular formula is C27H30N4O. The number of fused-ring (bicyclic) bond motifs is 4. The molecule has 5 heteroatoms. The van der Waals surface area contributed by atoms with Gasteiger partial charge in [-0.05, 0) is 93.7 Å². The lowest BCUT2D eigenvalue weighted by Crippen LogP contribution is -2.34. The van der Waals surface area contributed by atoms with E-state index >= 15 is 0 Å². The molecule has 2 heterocycles. The molecule has 164 valence electrons. The van der Waals surface area contributed by atoms with Gasteiger partial charge in [-0.15, -0.1) is 0 Å². The molecule has 0 unspecified atom stereocenters. The predicted octanol–water partition coefficient (Wildman–Crippen LogP) is 5.02. The number of pyridine rings is 1. The topological polar surface area (TPSA) is 57.3 Å². The van der Waals surface area contributed by atoms with Crippen molar-refractivity contribution in [3.05, 3.63) is 70.5 Å². The summed E-state index contributed by atoms with van der Waals surface area (Å²) in [6, 6.07) is 15.4. The Labute approximate surface area is 189 Å². The first-order chi connectivity index (χ1) is 15.4. The summed E-state index contributed by atoms with van der Waals surface area (Å²) < 4.78 is 0. The number of rotatable bonds is 3. The molecule has 1 aromatic heterocycles. The minimum Gasteiger partial charge on any atom is -0.354 e. The summed E-state index contributed by atoms with van der Waals surface area (Å²) in [6.45, 7) is 4.12. The van der Waals surface area contributed by atoms with Crippen molar-refractivity contribution in [3.8, 4) is 11.1 Å². The Balaban J connectivity index is 1.50. The van der Waals surface area contributed by atoms with Gasteiger partial charge in [-0.3, -0.25) is 9.78 Å². The summed E-state index contributed by atoms with van der Waals surface area (Å²) in [6.07, 6.45) is 3.62. The highest BCUT2D eigenvalue weighted by molar-refractivity contribution is 6.01. The van der Waals surface area contributed by atoms with Gasteiger partial charge in [-0.2, -0.15) is 0 Å². The number of amides is 1. The number of benzene rings is 2. The van der Waals surface area contributed by atoms with Gasteiger partial charge in [-0.1, -0.05) is 18.2 Å². The molecule has 2 N–H and O–H groups in total. The second-order valence-electron chi connectivity index (χ2n) is 9.36. The average Bonchev–Trinajstić information content (AvgIpc) is 2.88. The summed E-state index contributed by atoms with van der Waals surface area (Å²) in [7, 11) is 4.32. The van der Waals surface area contributed by atoms with E-state index in [1.165, 1.54) is 11.3 Å². The van der Waals surface area contributed by atoms with Gasteiger partial charge >= 0.3 is 0 Å². The standard InChI is InChI=1S/C27H30N4O/c1-16-5-9-22-23-15-20(7-6-18(23)14-27(32)30-26(22)11-16)29-25-13-19-12-21(31(3)4)8-10-24(19)28-17(25)2/h5-7,9,11,13,15,21,29H,8,10,12,14H2,1-4H3,(H,30,32)/t21-/m1/s1. The molecule has 5 rings (SSSR count). The molecule has 0 saturated heterocycles. The van der Waals surface area contributed by atoms with Crippen LogP contribution in [-0.4, -0.2) is 35.9 Å². The summed E-state index contributed by atoms with van der Waals surface area (Å²) in [5.41, 5.74) is 10.9. The molecule has 3 aromatic rings. The Bertz CT molecular complexity index is 1210. The van der Waals surface area contributed by atoms with Gasteiger partial charge in [0, 0.05) is 28.7 Å². The van der Waals surface area contributed by atoms with Crippen molar-refractivity contribution in [3.63, 3.8) is 0 Å².